The first-order valence-corrected chi connectivity index (χ1v) is 8.39. The van der Waals surface area contributed by atoms with Crippen LogP contribution in [0.3, 0.4) is 0 Å². The predicted molar refractivity (Wildman–Crippen MR) is 91.6 cm³/mol. The van der Waals surface area contributed by atoms with Gasteiger partial charge in [0, 0.05) is 18.1 Å². The van der Waals surface area contributed by atoms with Crippen molar-refractivity contribution in [1.29, 1.82) is 0 Å². The summed E-state index contributed by atoms with van der Waals surface area (Å²) < 4.78 is 7.05. The zero-order chi connectivity index (χ0) is 18.0. The summed E-state index contributed by atoms with van der Waals surface area (Å²) in [7, 11) is 1.51. The number of carbonyl (C=O) groups excluding carboxylic acids is 1. The van der Waals surface area contributed by atoms with Crippen molar-refractivity contribution in [2.45, 2.75) is 25.6 Å². The smallest absolute Gasteiger partial charge is 0.258 e. The third-order valence-electron chi connectivity index (χ3n) is 4.23. The average molecular weight is 366 g/mol. The predicted octanol–water partition coefficient (Wildman–Crippen LogP) is 1.62. The molecule has 8 heteroatoms. The molecule has 1 aliphatic heterocycles. The molecule has 2 heterocycles. The standard InChI is InChI=1S/C17H20ClN3O4/c1-25-16-4-3-11(18)7-13(16)17(24)20-5-2-6-21-12(9-20)8-14(19-21)15(23)10-22/h3-4,7-8,15,22-23H,2,5-6,9-10H2,1H3/t15-/m1/s1. The number of amides is 1. The number of aryl methyl sites for hydroxylation is 1. The molecule has 1 aromatic heterocycles. The molecular weight excluding hydrogens is 346 g/mol. The molecule has 2 N–H and O–H groups in total. The largest absolute Gasteiger partial charge is 0.496 e. The van der Waals surface area contributed by atoms with E-state index in [-0.39, 0.29) is 5.91 Å². The highest BCUT2D eigenvalue weighted by Crippen LogP contribution is 2.26. The maximum absolute atomic E-state index is 13.0. The summed E-state index contributed by atoms with van der Waals surface area (Å²) in [6.45, 7) is 1.19. The van der Waals surface area contributed by atoms with Crippen LogP contribution in [0.2, 0.25) is 5.02 Å². The minimum Gasteiger partial charge on any atom is -0.496 e. The Hall–Kier alpha value is -2.09. The van der Waals surface area contributed by atoms with E-state index in [1.165, 1.54) is 7.11 Å². The quantitative estimate of drug-likeness (QED) is 0.859. The third kappa shape index (κ3) is 3.63. The van der Waals surface area contributed by atoms with Crippen molar-refractivity contribution in [1.82, 2.24) is 14.7 Å². The van der Waals surface area contributed by atoms with Crippen LogP contribution < -0.4 is 4.74 Å². The van der Waals surface area contributed by atoms with Crippen molar-refractivity contribution in [2.75, 3.05) is 20.3 Å². The number of aliphatic hydroxyl groups excluding tert-OH is 2. The molecule has 0 spiro atoms. The van der Waals surface area contributed by atoms with E-state index in [1.807, 2.05) is 0 Å². The maximum Gasteiger partial charge on any atom is 0.258 e. The number of methoxy groups -OCH3 is 1. The summed E-state index contributed by atoms with van der Waals surface area (Å²) >= 11 is 6.03. The van der Waals surface area contributed by atoms with Gasteiger partial charge < -0.3 is 19.8 Å². The maximum atomic E-state index is 13.0. The van der Waals surface area contributed by atoms with Crippen molar-refractivity contribution in [3.8, 4) is 5.75 Å². The number of carbonyl (C=O) groups is 1. The molecule has 0 fully saturated rings. The molecule has 25 heavy (non-hydrogen) atoms. The Balaban J connectivity index is 1.87. The summed E-state index contributed by atoms with van der Waals surface area (Å²) in [5, 5.41) is 23.6. The van der Waals surface area contributed by atoms with E-state index in [0.29, 0.717) is 41.7 Å². The summed E-state index contributed by atoms with van der Waals surface area (Å²) in [4.78, 5) is 14.7. The lowest BCUT2D eigenvalue weighted by Crippen LogP contribution is -2.31. The Morgan fingerprint density at radius 2 is 2.20 bits per heavy atom. The van der Waals surface area contributed by atoms with Crippen LogP contribution in [0.5, 0.6) is 5.75 Å². The number of benzene rings is 1. The number of fused-ring (bicyclic) bond motifs is 1. The van der Waals surface area contributed by atoms with Gasteiger partial charge in [-0.05, 0) is 30.7 Å². The molecular formula is C17H20ClN3O4. The first-order chi connectivity index (χ1) is 12.0. The van der Waals surface area contributed by atoms with E-state index in [0.717, 1.165) is 12.1 Å². The minimum atomic E-state index is -1.02. The minimum absolute atomic E-state index is 0.168. The van der Waals surface area contributed by atoms with Gasteiger partial charge in [0.25, 0.3) is 5.91 Å². The molecule has 0 bridgehead atoms. The fourth-order valence-corrected chi connectivity index (χ4v) is 3.10. The summed E-state index contributed by atoms with van der Waals surface area (Å²) in [5.74, 6) is 0.307. The zero-order valence-corrected chi connectivity index (χ0v) is 14.6. The Morgan fingerprint density at radius 3 is 2.92 bits per heavy atom. The highest BCUT2D eigenvalue weighted by molar-refractivity contribution is 6.31. The first kappa shape index (κ1) is 17.7. The first-order valence-electron chi connectivity index (χ1n) is 8.02. The molecule has 0 saturated heterocycles. The Labute approximate surface area is 150 Å². The van der Waals surface area contributed by atoms with Crippen LogP contribution >= 0.6 is 11.6 Å². The van der Waals surface area contributed by atoms with E-state index in [4.69, 9.17) is 21.4 Å². The second-order valence-electron chi connectivity index (χ2n) is 5.91. The fraction of sp³-hybridized carbons (Fsp3) is 0.412. The van der Waals surface area contributed by atoms with Gasteiger partial charge in [0.2, 0.25) is 0 Å². The van der Waals surface area contributed by atoms with Crippen LogP contribution in [0.15, 0.2) is 24.3 Å². The number of rotatable bonds is 4. The van der Waals surface area contributed by atoms with Crippen molar-refractivity contribution in [2.24, 2.45) is 0 Å². The normalized spacial score (nSPS) is 15.4. The van der Waals surface area contributed by atoms with Gasteiger partial charge in [-0.3, -0.25) is 9.48 Å². The summed E-state index contributed by atoms with van der Waals surface area (Å²) in [5.41, 5.74) is 1.64. The van der Waals surface area contributed by atoms with Crippen molar-refractivity contribution in [3.63, 3.8) is 0 Å². The second kappa shape index (κ2) is 7.43. The van der Waals surface area contributed by atoms with Gasteiger partial charge in [0.15, 0.2) is 0 Å². The fourth-order valence-electron chi connectivity index (χ4n) is 2.93. The van der Waals surface area contributed by atoms with Crippen LogP contribution in [-0.2, 0) is 13.1 Å². The summed E-state index contributed by atoms with van der Waals surface area (Å²) in [6.07, 6.45) is -0.283. The van der Waals surface area contributed by atoms with Crippen LogP contribution in [0.4, 0.5) is 0 Å². The van der Waals surface area contributed by atoms with E-state index < -0.39 is 12.7 Å². The van der Waals surface area contributed by atoms with Gasteiger partial charge in [-0.15, -0.1) is 0 Å². The van der Waals surface area contributed by atoms with Crippen LogP contribution in [0.25, 0.3) is 0 Å². The molecule has 0 aliphatic carbocycles. The molecule has 0 radical (unpaired) electrons. The van der Waals surface area contributed by atoms with Gasteiger partial charge in [-0.1, -0.05) is 11.6 Å². The molecule has 1 aliphatic rings. The molecule has 3 rings (SSSR count). The Bertz CT molecular complexity index is 777. The van der Waals surface area contributed by atoms with Gasteiger partial charge in [0.05, 0.1) is 37.2 Å². The average Bonchev–Trinajstić information content (AvgIpc) is 2.92. The van der Waals surface area contributed by atoms with Crippen LogP contribution in [0, 0.1) is 0 Å². The molecule has 7 nitrogen and oxygen atoms in total. The zero-order valence-electron chi connectivity index (χ0n) is 13.9. The number of ether oxygens (including phenoxy) is 1. The number of hydrogen-bond donors (Lipinski definition) is 2. The highest BCUT2D eigenvalue weighted by Gasteiger charge is 2.25. The molecule has 1 aromatic carbocycles. The van der Waals surface area contributed by atoms with Gasteiger partial charge >= 0.3 is 0 Å². The Morgan fingerprint density at radius 1 is 1.40 bits per heavy atom. The number of aliphatic hydroxyl groups is 2. The van der Waals surface area contributed by atoms with Gasteiger partial charge in [0.1, 0.15) is 11.9 Å². The number of hydrogen-bond acceptors (Lipinski definition) is 5. The molecule has 0 unspecified atom stereocenters. The number of nitrogens with zero attached hydrogens (tertiary/aromatic N) is 3. The topological polar surface area (TPSA) is 87.8 Å². The Kier molecular flexibility index (Phi) is 5.27. The van der Waals surface area contributed by atoms with Crippen LogP contribution in [0.1, 0.15) is 34.3 Å². The number of halogens is 1. The monoisotopic (exact) mass is 365 g/mol. The lowest BCUT2D eigenvalue weighted by molar-refractivity contribution is 0.0742. The summed E-state index contributed by atoms with van der Waals surface area (Å²) in [6, 6.07) is 6.68. The van der Waals surface area contributed by atoms with Crippen molar-refractivity contribution < 1.29 is 19.7 Å². The number of aromatic nitrogens is 2. The second-order valence-corrected chi connectivity index (χ2v) is 6.34. The van der Waals surface area contributed by atoms with Crippen LogP contribution in [-0.4, -0.2) is 51.1 Å². The van der Waals surface area contributed by atoms with Gasteiger partial charge in [-0.25, -0.2) is 0 Å². The molecule has 134 valence electrons. The lowest BCUT2D eigenvalue weighted by Gasteiger charge is -2.21. The molecule has 1 amide bonds. The lowest BCUT2D eigenvalue weighted by atomic mass is 10.1. The molecule has 0 saturated carbocycles. The molecule has 2 aromatic rings. The SMILES string of the molecule is COc1ccc(Cl)cc1C(=O)N1CCCn2nc([C@H](O)CO)cc2C1. The van der Waals surface area contributed by atoms with Crippen molar-refractivity contribution in [3.05, 3.63) is 46.2 Å². The van der Waals surface area contributed by atoms with Crippen molar-refractivity contribution >= 4 is 17.5 Å². The van der Waals surface area contributed by atoms with E-state index >= 15 is 0 Å². The molecule has 1 atom stereocenters. The van der Waals surface area contributed by atoms with E-state index in [1.54, 1.807) is 33.8 Å². The van der Waals surface area contributed by atoms with E-state index in [2.05, 4.69) is 5.10 Å². The van der Waals surface area contributed by atoms with E-state index in [9.17, 15) is 9.90 Å². The highest BCUT2D eigenvalue weighted by atomic mass is 35.5. The van der Waals surface area contributed by atoms with Gasteiger partial charge in [-0.2, -0.15) is 5.10 Å². The third-order valence-corrected chi connectivity index (χ3v) is 4.46.